The molecule has 1 N–H and O–H groups in total. The molecule has 0 saturated carbocycles. The van der Waals surface area contributed by atoms with Crippen LogP contribution >= 0.6 is 0 Å². The van der Waals surface area contributed by atoms with Crippen molar-refractivity contribution in [2.24, 2.45) is 5.92 Å². The van der Waals surface area contributed by atoms with E-state index in [1.54, 1.807) is 0 Å². The minimum absolute atomic E-state index is 0.0303. The van der Waals surface area contributed by atoms with Crippen LogP contribution in [0.4, 0.5) is 5.82 Å². The van der Waals surface area contributed by atoms with E-state index in [0.29, 0.717) is 19.0 Å². The third-order valence-corrected chi connectivity index (χ3v) is 6.23. The molecule has 5 nitrogen and oxygen atoms in total. The lowest BCUT2D eigenvalue weighted by Gasteiger charge is -2.32. The first-order chi connectivity index (χ1) is 15.5. The van der Waals surface area contributed by atoms with Gasteiger partial charge in [-0.1, -0.05) is 67.9 Å². The van der Waals surface area contributed by atoms with Gasteiger partial charge in [0.2, 0.25) is 5.91 Å². The van der Waals surface area contributed by atoms with Crippen LogP contribution in [0.15, 0.2) is 60.7 Å². The highest BCUT2D eigenvalue weighted by Gasteiger charge is 2.26. The smallest absolute Gasteiger partial charge is 0.225 e. The molecule has 166 valence electrons. The SMILES string of the molecule is Cc1ccc(-c2ccc(N3CCC[C@H](C(=O)NCc4ccc(C(C)C)cc4)C3)nn2)cc1. The van der Waals surface area contributed by atoms with Crippen LogP contribution in [0.5, 0.6) is 0 Å². The molecule has 1 fully saturated rings. The minimum atomic E-state index is -0.0303. The summed E-state index contributed by atoms with van der Waals surface area (Å²) in [6.07, 6.45) is 1.88. The highest BCUT2D eigenvalue weighted by Crippen LogP contribution is 2.24. The maximum absolute atomic E-state index is 12.8. The molecule has 0 spiro atoms. The first kappa shape index (κ1) is 22.0. The van der Waals surface area contributed by atoms with Gasteiger partial charge in [-0.15, -0.1) is 10.2 Å². The number of carbonyl (C=O) groups excluding carboxylic acids is 1. The lowest BCUT2D eigenvalue weighted by molar-refractivity contribution is -0.125. The van der Waals surface area contributed by atoms with Crippen LogP contribution in [0.1, 0.15) is 49.3 Å². The van der Waals surface area contributed by atoms with Crippen LogP contribution in [0.2, 0.25) is 0 Å². The predicted molar refractivity (Wildman–Crippen MR) is 130 cm³/mol. The van der Waals surface area contributed by atoms with Crippen molar-refractivity contribution < 1.29 is 4.79 Å². The third-order valence-electron chi connectivity index (χ3n) is 6.23. The molecular weight excluding hydrogens is 396 g/mol. The van der Waals surface area contributed by atoms with Gasteiger partial charge in [-0.05, 0) is 48.9 Å². The second-order valence-corrected chi connectivity index (χ2v) is 9.04. The average molecular weight is 429 g/mol. The standard InChI is InChI=1S/C27H32N4O/c1-19(2)22-12-8-21(9-13-22)17-28-27(32)24-5-4-16-31(18-24)26-15-14-25(29-30-26)23-10-6-20(3)7-11-23/h6-15,19,24H,4-5,16-18H2,1-3H3,(H,28,32)/t24-/m0/s1. The van der Waals surface area contributed by atoms with E-state index in [9.17, 15) is 4.79 Å². The topological polar surface area (TPSA) is 58.1 Å². The molecule has 1 saturated heterocycles. The van der Waals surface area contributed by atoms with Gasteiger partial charge in [-0.3, -0.25) is 4.79 Å². The number of nitrogens with one attached hydrogen (secondary N) is 1. The van der Waals surface area contributed by atoms with E-state index in [1.807, 2.05) is 12.1 Å². The summed E-state index contributed by atoms with van der Waals surface area (Å²) in [7, 11) is 0. The molecule has 1 atom stereocenters. The van der Waals surface area contributed by atoms with Crippen LogP contribution in [-0.2, 0) is 11.3 Å². The quantitative estimate of drug-likeness (QED) is 0.593. The molecule has 1 aliphatic heterocycles. The van der Waals surface area contributed by atoms with Crippen LogP contribution in [0.3, 0.4) is 0 Å². The van der Waals surface area contributed by atoms with E-state index < -0.39 is 0 Å². The highest BCUT2D eigenvalue weighted by molar-refractivity contribution is 5.79. The number of benzene rings is 2. The molecule has 2 heterocycles. The molecule has 5 heteroatoms. The van der Waals surface area contributed by atoms with Crippen LogP contribution < -0.4 is 10.2 Å². The summed E-state index contributed by atoms with van der Waals surface area (Å²) in [6.45, 7) is 8.59. The maximum Gasteiger partial charge on any atom is 0.225 e. The van der Waals surface area contributed by atoms with Gasteiger partial charge in [0.15, 0.2) is 5.82 Å². The number of hydrogen-bond acceptors (Lipinski definition) is 4. The van der Waals surface area contributed by atoms with Crippen LogP contribution in [-0.4, -0.2) is 29.2 Å². The number of anilines is 1. The van der Waals surface area contributed by atoms with Gasteiger partial charge in [0, 0.05) is 25.2 Å². The monoisotopic (exact) mass is 428 g/mol. The zero-order valence-corrected chi connectivity index (χ0v) is 19.2. The zero-order chi connectivity index (χ0) is 22.5. The Morgan fingerprint density at radius 1 is 1.03 bits per heavy atom. The molecule has 1 aliphatic rings. The van der Waals surface area contributed by atoms with Crippen LogP contribution in [0, 0.1) is 12.8 Å². The fourth-order valence-corrected chi connectivity index (χ4v) is 4.13. The molecule has 1 amide bonds. The van der Waals surface area contributed by atoms with Gasteiger partial charge in [0.25, 0.3) is 0 Å². The highest BCUT2D eigenvalue weighted by atomic mass is 16.1. The van der Waals surface area contributed by atoms with Gasteiger partial charge in [-0.2, -0.15) is 0 Å². The Morgan fingerprint density at radius 2 is 1.78 bits per heavy atom. The molecule has 0 aliphatic carbocycles. The number of amides is 1. The third kappa shape index (κ3) is 5.34. The fourth-order valence-electron chi connectivity index (χ4n) is 4.13. The summed E-state index contributed by atoms with van der Waals surface area (Å²) < 4.78 is 0. The number of hydrogen-bond donors (Lipinski definition) is 1. The summed E-state index contributed by atoms with van der Waals surface area (Å²) in [5, 5.41) is 12.0. The molecule has 3 aromatic rings. The van der Waals surface area contributed by atoms with Crippen molar-refractivity contribution in [1.82, 2.24) is 15.5 Å². The second kappa shape index (κ2) is 9.94. The van der Waals surface area contributed by atoms with E-state index in [2.05, 4.69) is 89.7 Å². The van der Waals surface area contributed by atoms with Crippen molar-refractivity contribution in [2.75, 3.05) is 18.0 Å². The van der Waals surface area contributed by atoms with E-state index in [-0.39, 0.29) is 11.8 Å². The Morgan fingerprint density at radius 3 is 2.44 bits per heavy atom. The van der Waals surface area contributed by atoms with E-state index >= 15 is 0 Å². The van der Waals surface area contributed by atoms with Crippen molar-refractivity contribution in [3.8, 4) is 11.3 Å². The Balaban J connectivity index is 1.34. The molecule has 0 unspecified atom stereocenters. The number of rotatable bonds is 6. The van der Waals surface area contributed by atoms with Crippen molar-refractivity contribution in [2.45, 2.75) is 46.1 Å². The van der Waals surface area contributed by atoms with Crippen molar-refractivity contribution >= 4 is 11.7 Å². The predicted octanol–water partition coefficient (Wildman–Crippen LogP) is 5.11. The summed E-state index contributed by atoms with van der Waals surface area (Å²) in [5.74, 6) is 1.44. The molecule has 0 radical (unpaired) electrons. The number of aromatic nitrogens is 2. The van der Waals surface area contributed by atoms with Crippen molar-refractivity contribution in [3.05, 3.63) is 77.4 Å². The molecule has 2 aromatic carbocycles. The Hall–Kier alpha value is -3.21. The van der Waals surface area contributed by atoms with Gasteiger partial charge in [0.05, 0.1) is 11.6 Å². The lowest BCUT2D eigenvalue weighted by Crippen LogP contribution is -2.43. The number of carbonyl (C=O) groups is 1. The van der Waals surface area contributed by atoms with Gasteiger partial charge in [-0.25, -0.2) is 0 Å². The normalized spacial score (nSPS) is 16.2. The van der Waals surface area contributed by atoms with Gasteiger partial charge in [0.1, 0.15) is 0 Å². The number of piperidine rings is 1. The van der Waals surface area contributed by atoms with Gasteiger partial charge >= 0.3 is 0 Å². The molecule has 4 rings (SSSR count). The van der Waals surface area contributed by atoms with Crippen LogP contribution in [0.25, 0.3) is 11.3 Å². The number of aryl methyl sites for hydroxylation is 1. The first-order valence-corrected chi connectivity index (χ1v) is 11.5. The molecule has 0 bridgehead atoms. The first-order valence-electron chi connectivity index (χ1n) is 11.5. The van der Waals surface area contributed by atoms with E-state index in [1.165, 1.54) is 11.1 Å². The maximum atomic E-state index is 12.8. The fraction of sp³-hybridized carbons (Fsp3) is 0.370. The van der Waals surface area contributed by atoms with Gasteiger partial charge < -0.3 is 10.2 Å². The Labute approximate surface area is 190 Å². The lowest BCUT2D eigenvalue weighted by atomic mass is 9.97. The Bertz CT molecular complexity index is 1030. The Kier molecular flexibility index (Phi) is 6.84. The number of nitrogens with zero attached hydrogens (tertiary/aromatic N) is 3. The van der Waals surface area contributed by atoms with Crippen molar-refractivity contribution in [1.29, 1.82) is 0 Å². The molecule has 32 heavy (non-hydrogen) atoms. The minimum Gasteiger partial charge on any atom is -0.354 e. The zero-order valence-electron chi connectivity index (χ0n) is 19.2. The van der Waals surface area contributed by atoms with Crippen molar-refractivity contribution in [3.63, 3.8) is 0 Å². The average Bonchev–Trinajstić information content (AvgIpc) is 2.83. The summed E-state index contributed by atoms with van der Waals surface area (Å²) in [4.78, 5) is 15.0. The second-order valence-electron chi connectivity index (χ2n) is 9.04. The summed E-state index contributed by atoms with van der Waals surface area (Å²) >= 11 is 0. The molecule has 1 aromatic heterocycles. The summed E-state index contributed by atoms with van der Waals surface area (Å²) in [6, 6.07) is 20.8. The molecular formula is C27H32N4O. The van der Waals surface area contributed by atoms with E-state index in [4.69, 9.17) is 0 Å². The van der Waals surface area contributed by atoms with E-state index in [0.717, 1.165) is 42.0 Å². The largest absolute Gasteiger partial charge is 0.354 e. The summed E-state index contributed by atoms with van der Waals surface area (Å²) in [5.41, 5.74) is 5.60.